The third-order valence-corrected chi connectivity index (χ3v) is 2.91. The zero-order valence-electron chi connectivity index (χ0n) is 8.17. The summed E-state index contributed by atoms with van der Waals surface area (Å²) in [6.45, 7) is 6.89. The van der Waals surface area contributed by atoms with Crippen molar-refractivity contribution in [1.29, 1.82) is 0 Å². The first-order valence-corrected chi connectivity index (χ1v) is 4.69. The van der Waals surface area contributed by atoms with Crippen molar-refractivity contribution in [2.24, 2.45) is 5.41 Å². The third-order valence-electron chi connectivity index (χ3n) is 2.91. The number of nitrogens with one attached hydrogen (secondary N) is 1. The lowest BCUT2D eigenvalue weighted by Crippen LogP contribution is -2.45. The maximum absolute atomic E-state index is 11.5. The van der Waals surface area contributed by atoms with Gasteiger partial charge >= 0.3 is 0 Å². The Balaban J connectivity index is 2.11. The Morgan fingerprint density at radius 2 is 2.38 bits per heavy atom. The minimum atomic E-state index is 0.0989. The van der Waals surface area contributed by atoms with Gasteiger partial charge in [-0.1, -0.05) is 13.8 Å². The van der Waals surface area contributed by atoms with Crippen LogP contribution in [0.4, 0.5) is 0 Å². The van der Waals surface area contributed by atoms with E-state index in [0.717, 1.165) is 6.61 Å². The van der Waals surface area contributed by atoms with Crippen molar-refractivity contribution < 1.29 is 9.53 Å². The zero-order chi connectivity index (χ0) is 9.47. The predicted molar refractivity (Wildman–Crippen MR) is 48.1 cm³/mol. The van der Waals surface area contributed by atoms with Crippen molar-refractivity contribution in [2.75, 3.05) is 26.4 Å². The summed E-state index contributed by atoms with van der Waals surface area (Å²) < 4.78 is 5.41. The third kappa shape index (κ3) is 1.44. The molecule has 2 aliphatic rings. The summed E-state index contributed by atoms with van der Waals surface area (Å²) in [5.74, 6) is 0.198. The van der Waals surface area contributed by atoms with Crippen LogP contribution in [-0.4, -0.2) is 43.3 Å². The van der Waals surface area contributed by atoms with E-state index < -0.39 is 0 Å². The Labute approximate surface area is 78.2 Å². The van der Waals surface area contributed by atoms with Crippen LogP contribution in [0, 0.1) is 5.41 Å². The number of amides is 1. The first-order chi connectivity index (χ1) is 6.11. The average molecular weight is 184 g/mol. The van der Waals surface area contributed by atoms with Crippen molar-refractivity contribution in [3.8, 4) is 0 Å². The minimum Gasteiger partial charge on any atom is -0.379 e. The van der Waals surface area contributed by atoms with Gasteiger partial charge in [0.2, 0.25) is 5.91 Å². The molecule has 0 aliphatic carbocycles. The van der Waals surface area contributed by atoms with E-state index in [9.17, 15) is 4.79 Å². The van der Waals surface area contributed by atoms with Crippen LogP contribution in [0.25, 0.3) is 0 Å². The van der Waals surface area contributed by atoms with E-state index >= 15 is 0 Å². The summed E-state index contributed by atoms with van der Waals surface area (Å²) in [4.78, 5) is 13.4. The average Bonchev–Trinajstić information content (AvgIpc) is 2.56. The Kier molecular flexibility index (Phi) is 2.04. The van der Waals surface area contributed by atoms with Crippen LogP contribution in [0.3, 0.4) is 0 Å². The Bertz CT molecular complexity index is 228. The molecule has 4 heteroatoms. The van der Waals surface area contributed by atoms with Crippen LogP contribution < -0.4 is 5.32 Å². The number of nitrogens with zero attached hydrogens (tertiary/aromatic N) is 1. The summed E-state index contributed by atoms with van der Waals surface area (Å²) in [6, 6.07) is 0.245. The fraction of sp³-hybridized carbons (Fsp3) is 0.889. The molecule has 2 heterocycles. The molecule has 0 aromatic heterocycles. The van der Waals surface area contributed by atoms with Crippen LogP contribution in [0.1, 0.15) is 13.8 Å². The van der Waals surface area contributed by atoms with Gasteiger partial charge in [-0.3, -0.25) is 10.1 Å². The van der Waals surface area contributed by atoms with E-state index in [0.29, 0.717) is 19.8 Å². The van der Waals surface area contributed by atoms with Crippen LogP contribution in [-0.2, 0) is 9.53 Å². The summed E-state index contributed by atoms with van der Waals surface area (Å²) in [5, 5.41) is 3.06. The van der Waals surface area contributed by atoms with E-state index in [1.165, 1.54) is 0 Å². The number of ether oxygens (including phenoxy) is 1. The maximum Gasteiger partial charge on any atom is 0.237 e. The second kappa shape index (κ2) is 2.96. The fourth-order valence-electron chi connectivity index (χ4n) is 2.02. The van der Waals surface area contributed by atoms with Crippen LogP contribution in [0.15, 0.2) is 0 Å². The molecule has 1 atom stereocenters. The summed E-state index contributed by atoms with van der Waals surface area (Å²) in [6.07, 6.45) is 0. The number of carbonyl (C=O) groups excluding carboxylic acids is 1. The van der Waals surface area contributed by atoms with Crippen molar-refractivity contribution in [3.63, 3.8) is 0 Å². The molecule has 74 valence electrons. The van der Waals surface area contributed by atoms with Gasteiger partial charge in [-0.25, -0.2) is 0 Å². The standard InChI is InChI=1S/C9H16N2O2/c1-9(2)5-13-4-7(9)11-6-10-3-8(11)12/h7,10H,3-6H2,1-2H3. The molecule has 1 unspecified atom stereocenters. The normalized spacial score (nSPS) is 32.9. The van der Waals surface area contributed by atoms with Gasteiger partial charge in [-0.2, -0.15) is 0 Å². The lowest BCUT2D eigenvalue weighted by Gasteiger charge is -2.32. The molecule has 2 rings (SSSR count). The van der Waals surface area contributed by atoms with Gasteiger partial charge < -0.3 is 9.64 Å². The first-order valence-electron chi connectivity index (χ1n) is 4.69. The smallest absolute Gasteiger partial charge is 0.237 e. The fourth-order valence-corrected chi connectivity index (χ4v) is 2.02. The molecule has 0 radical (unpaired) electrons. The number of rotatable bonds is 1. The highest BCUT2D eigenvalue weighted by Crippen LogP contribution is 2.31. The van der Waals surface area contributed by atoms with E-state index in [-0.39, 0.29) is 17.4 Å². The topological polar surface area (TPSA) is 41.6 Å². The minimum absolute atomic E-state index is 0.0989. The highest BCUT2D eigenvalue weighted by molar-refractivity contribution is 5.80. The first kappa shape index (κ1) is 8.97. The Morgan fingerprint density at radius 3 is 2.85 bits per heavy atom. The molecule has 4 nitrogen and oxygen atoms in total. The predicted octanol–water partition coefficient (Wildman–Crippen LogP) is -0.199. The SMILES string of the molecule is CC1(C)COCC1N1CNCC1=O. The van der Waals surface area contributed by atoms with E-state index in [4.69, 9.17) is 4.74 Å². The van der Waals surface area contributed by atoms with Crippen LogP contribution >= 0.6 is 0 Å². The lowest BCUT2D eigenvalue weighted by molar-refractivity contribution is -0.130. The quantitative estimate of drug-likeness (QED) is 0.613. The zero-order valence-corrected chi connectivity index (χ0v) is 8.17. The monoisotopic (exact) mass is 184 g/mol. The van der Waals surface area contributed by atoms with Gasteiger partial charge in [0.25, 0.3) is 0 Å². The number of hydrogen-bond acceptors (Lipinski definition) is 3. The van der Waals surface area contributed by atoms with Crippen molar-refractivity contribution in [1.82, 2.24) is 10.2 Å². The van der Waals surface area contributed by atoms with Crippen molar-refractivity contribution in [3.05, 3.63) is 0 Å². The van der Waals surface area contributed by atoms with E-state index in [2.05, 4.69) is 19.2 Å². The molecular formula is C9H16N2O2. The molecular weight excluding hydrogens is 168 g/mol. The molecule has 2 fully saturated rings. The van der Waals surface area contributed by atoms with Gasteiger partial charge in [0.05, 0.1) is 32.5 Å². The van der Waals surface area contributed by atoms with Crippen molar-refractivity contribution >= 4 is 5.91 Å². The molecule has 0 aromatic carbocycles. The molecule has 2 aliphatic heterocycles. The summed E-state index contributed by atoms with van der Waals surface area (Å²) >= 11 is 0. The molecule has 13 heavy (non-hydrogen) atoms. The number of carbonyl (C=O) groups is 1. The second-order valence-electron chi connectivity index (χ2n) is 4.47. The van der Waals surface area contributed by atoms with Crippen LogP contribution in [0.5, 0.6) is 0 Å². The molecule has 1 N–H and O–H groups in total. The molecule has 0 saturated carbocycles. The highest BCUT2D eigenvalue weighted by atomic mass is 16.5. The lowest BCUT2D eigenvalue weighted by atomic mass is 9.87. The molecule has 0 spiro atoms. The summed E-state index contributed by atoms with van der Waals surface area (Å²) in [5.41, 5.74) is 0.0989. The Morgan fingerprint density at radius 1 is 1.62 bits per heavy atom. The van der Waals surface area contributed by atoms with Gasteiger partial charge in [-0.15, -0.1) is 0 Å². The Hall–Kier alpha value is -0.610. The number of hydrogen-bond donors (Lipinski definition) is 1. The molecule has 2 saturated heterocycles. The van der Waals surface area contributed by atoms with E-state index in [1.54, 1.807) is 0 Å². The van der Waals surface area contributed by atoms with Gasteiger partial charge in [0.15, 0.2) is 0 Å². The largest absolute Gasteiger partial charge is 0.379 e. The van der Waals surface area contributed by atoms with E-state index in [1.807, 2.05) is 4.90 Å². The van der Waals surface area contributed by atoms with Gasteiger partial charge in [0.1, 0.15) is 0 Å². The highest BCUT2D eigenvalue weighted by Gasteiger charge is 2.42. The summed E-state index contributed by atoms with van der Waals surface area (Å²) in [7, 11) is 0. The van der Waals surface area contributed by atoms with Gasteiger partial charge in [-0.05, 0) is 0 Å². The molecule has 0 aromatic rings. The van der Waals surface area contributed by atoms with Crippen molar-refractivity contribution in [2.45, 2.75) is 19.9 Å². The van der Waals surface area contributed by atoms with Crippen LogP contribution in [0.2, 0.25) is 0 Å². The molecule has 0 bridgehead atoms. The molecule has 1 amide bonds. The maximum atomic E-state index is 11.5. The van der Waals surface area contributed by atoms with Gasteiger partial charge in [0, 0.05) is 5.41 Å². The second-order valence-corrected chi connectivity index (χ2v) is 4.47.